The number of aromatic nitrogens is 5. The fourth-order valence-electron chi connectivity index (χ4n) is 1.53. The molecule has 0 atom stereocenters. The summed E-state index contributed by atoms with van der Waals surface area (Å²) in [5, 5.41) is 8.09. The molecule has 3 aromatic heterocycles. The molecule has 3 aromatic rings. The van der Waals surface area contributed by atoms with Crippen LogP contribution < -0.4 is 0 Å². The first-order valence-electron chi connectivity index (χ1n) is 4.72. The predicted octanol–water partition coefficient (Wildman–Crippen LogP) is 1.98. The van der Waals surface area contributed by atoms with Crippen LogP contribution in [0.1, 0.15) is 0 Å². The van der Waals surface area contributed by atoms with Crippen molar-refractivity contribution in [3.8, 4) is 11.4 Å². The molecule has 84 valence electrons. The van der Waals surface area contributed by atoms with Crippen molar-refractivity contribution in [2.75, 3.05) is 0 Å². The van der Waals surface area contributed by atoms with E-state index in [1.54, 1.807) is 10.6 Å². The molecule has 3 heterocycles. The summed E-state index contributed by atoms with van der Waals surface area (Å²) < 4.78 is 14.7. The van der Waals surface area contributed by atoms with Crippen molar-refractivity contribution in [1.82, 2.24) is 24.6 Å². The van der Waals surface area contributed by atoms with Gasteiger partial charge in [0.15, 0.2) is 16.6 Å². The molecule has 7 heteroatoms. The van der Waals surface area contributed by atoms with Gasteiger partial charge < -0.3 is 0 Å². The average Bonchev–Trinajstić information content (AvgIpc) is 2.74. The normalized spacial score (nSPS) is 10.9. The van der Waals surface area contributed by atoms with Gasteiger partial charge in [-0.15, -0.1) is 10.2 Å². The Morgan fingerprint density at radius 1 is 1.24 bits per heavy atom. The lowest BCUT2D eigenvalue weighted by Crippen LogP contribution is -1.92. The largest absolute Gasteiger partial charge is 0.278 e. The fraction of sp³-hybridized carbons (Fsp3) is 0. The highest BCUT2D eigenvalue weighted by molar-refractivity contribution is 6.32. The van der Waals surface area contributed by atoms with Crippen LogP contribution in [0.5, 0.6) is 0 Å². The van der Waals surface area contributed by atoms with E-state index >= 15 is 0 Å². The van der Waals surface area contributed by atoms with Gasteiger partial charge in [-0.3, -0.25) is 9.38 Å². The maximum Gasteiger partial charge on any atom is 0.198 e. The van der Waals surface area contributed by atoms with E-state index in [0.717, 1.165) is 6.20 Å². The fourth-order valence-corrected chi connectivity index (χ4v) is 1.71. The zero-order chi connectivity index (χ0) is 11.8. The minimum atomic E-state index is -0.431. The summed E-state index contributed by atoms with van der Waals surface area (Å²) in [4.78, 5) is 7.65. The van der Waals surface area contributed by atoms with Gasteiger partial charge in [-0.05, 0) is 6.07 Å². The van der Waals surface area contributed by atoms with Crippen molar-refractivity contribution in [3.63, 3.8) is 0 Å². The van der Waals surface area contributed by atoms with Crippen LogP contribution in [-0.2, 0) is 0 Å². The molecular weight excluding hydrogens is 245 g/mol. The summed E-state index contributed by atoms with van der Waals surface area (Å²) in [5.74, 6) is 0.0377. The zero-order valence-corrected chi connectivity index (χ0v) is 9.13. The molecule has 0 bridgehead atoms. The second-order valence-electron chi connectivity index (χ2n) is 3.33. The molecule has 0 fully saturated rings. The van der Waals surface area contributed by atoms with Crippen molar-refractivity contribution >= 4 is 17.2 Å². The van der Waals surface area contributed by atoms with Crippen molar-refractivity contribution in [1.29, 1.82) is 0 Å². The van der Waals surface area contributed by atoms with Gasteiger partial charge in [0.25, 0.3) is 0 Å². The molecule has 0 aliphatic heterocycles. The predicted molar refractivity (Wildman–Crippen MR) is 59.0 cm³/mol. The first kappa shape index (κ1) is 10.1. The quantitative estimate of drug-likeness (QED) is 0.662. The number of hydrogen-bond donors (Lipinski definition) is 0. The van der Waals surface area contributed by atoms with Crippen LogP contribution in [0.25, 0.3) is 17.0 Å². The molecule has 0 N–H and O–H groups in total. The van der Waals surface area contributed by atoms with E-state index in [4.69, 9.17) is 11.6 Å². The van der Waals surface area contributed by atoms with Crippen LogP contribution in [0.2, 0.25) is 5.15 Å². The molecular formula is C10H5ClFN5. The number of halogens is 2. The van der Waals surface area contributed by atoms with Gasteiger partial charge in [-0.1, -0.05) is 11.6 Å². The number of nitrogens with zero attached hydrogens (tertiary/aromatic N) is 5. The molecule has 0 saturated heterocycles. The zero-order valence-electron chi connectivity index (χ0n) is 8.38. The molecule has 0 amide bonds. The van der Waals surface area contributed by atoms with Gasteiger partial charge in [0, 0.05) is 24.2 Å². The SMILES string of the molecule is Fc1cncc(-c2nnc3c(Cl)nccn23)c1. The van der Waals surface area contributed by atoms with E-state index in [-0.39, 0.29) is 5.15 Å². The van der Waals surface area contributed by atoms with E-state index in [0.29, 0.717) is 17.0 Å². The van der Waals surface area contributed by atoms with Crippen LogP contribution >= 0.6 is 11.6 Å². The highest BCUT2D eigenvalue weighted by atomic mass is 35.5. The number of pyridine rings is 1. The Kier molecular flexibility index (Phi) is 2.22. The lowest BCUT2D eigenvalue weighted by molar-refractivity contribution is 0.622. The number of rotatable bonds is 1. The van der Waals surface area contributed by atoms with Crippen LogP contribution in [0.3, 0.4) is 0 Å². The summed E-state index contributed by atoms with van der Waals surface area (Å²) >= 11 is 5.86. The van der Waals surface area contributed by atoms with Gasteiger partial charge in [-0.25, -0.2) is 9.37 Å². The van der Waals surface area contributed by atoms with Gasteiger partial charge in [-0.2, -0.15) is 0 Å². The van der Waals surface area contributed by atoms with Crippen molar-refractivity contribution in [3.05, 3.63) is 41.8 Å². The molecule has 3 rings (SSSR count). The Balaban J connectivity index is 2.28. The molecule has 0 aliphatic rings. The lowest BCUT2D eigenvalue weighted by Gasteiger charge is -1.99. The Morgan fingerprint density at radius 3 is 2.94 bits per heavy atom. The third kappa shape index (κ3) is 1.62. The monoisotopic (exact) mass is 249 g/mol. The topological polar surface area (TPSA) is 56.0 Å². The molecule has 0 unspecified atom stereocenters. The smallest absolute Gasteiger partial charge is 0.198 e. The van der Waals surface area contributed by atoms with Crippen molar-refractivity contribution in [2.45, 2.75) is 0 Å². The van der Waals surface area contributed by atoms with E-state index in [1.165, 1.54) is 18.5 Å². The minimum absolute atomic E-state index is 0.246. The molecule has 0 saturated carbocycles. The number of hydrogen-bond acceptors (Lipinski definition) is 4. The molecule has 0 radical (unpaired) electrons. The maximum atomic E-state index is 13.1. The van der Waals surface area contributed by atoms with Gasteiger partial charge >= 0.3 is 0 Å². The Bertz CT molecular complexity index is 696. The summed E-state index contributed by atoms with van der Waals surface area (Å²) in [6, 6.07) is 1.33. The standard InChI is InChI=1S/C10H5ClFN5/c11-8-10-16-15-9(17(10)2-1-14-8)6-3-7(12)5-13-4-6/h1-5H. The van der Waals surface area contributed by atoms with Crippen molar-refractivity contribution < 1.29 is 4.39 Å². The molecule has 17 heavy (non-hydrogen) atoms. The number of fused-ring (bicyclic) bond motifs is 1. The van der Waals surface area contributed by atoms with Gasteiger partial charge in [0.2, 0.25) is 0 Å². The Labute approximate surface area is 99.9 Å². The van der Waals surface area contributed by atoms with E-state index in [2.05, 4.69) is 20.2 Å². The Morgan fingerprint density at radius 2 is 2.12 bits per heavy atom. The second-order valence-corrected chi connectivity index (χ2v) is 3.69. The minimum Gasteiger partial charge on any atom is -0.278 e. The van der Waals surface area contributed by atoms with E-state index in [9.17, 15) is 4.39 Å². The molecule has 0 spiro atoms. The third-order valence-corrected chi connectivity index (χ3v) is 2.51. The summed E-state index contributed by atoms with van der Waals surface area (Å²) in [5.41, 5.74) is 0.952. The van der Waals surface area contributed by atoms with Gasteiger partial charge in [0.05, 0.1) is 6.20 Å². The first-order chi connectivity index (χ1) is 8.25. The van der Waals surface area contributed by atoms with Crippen LogP contribution in [0.15, 0.2) is 30.9 Å². The lowest BCUT2D eigenvalue weighted by atomic mass is 10.2. The van der Waals surface area contributed by atoms with Crippen LogP contribution in [-0.4, -0.2) is 24.6 Å². The summed E-state index contributed by atoms with van der Waals surface area (Å²) in [7, 11) is 0. The molecule has 0 aromatic carbocycles. The van der Waals surface area contributed by atoms with Crippen LogP contribution in [0.4, 0.5) is 4.39 Å². The highest BCUT2D eigenvalue weighted by Crippen LogP contribution is 2.20. The maximum absolute atomic E-state index is 13.1. The highest BCUT2D eigenvalue weighted by Gasteiger charge is 2.11. The second kappa shape index (κ2) is 3.74. The summed E-state index contributed by atoms with van der Waals surface area (Å²) in [6.07, 6.45) is 5.81. The van der Waals surface area contributed by atoms with E-state index in [1.807, 2.05) is 0 Å². The molecule has 0 aliphatic carbocycles. The van der Waals surface area contributed by atoms with Gasteiger partial charge in [0.1, 0.15) is 5.82 Å². The third-order valence-electron chi connectivity index (χ3n) is 2.25. The Hall–Kier alpha value is -2.08. The van der Waals surface area contributed by atoms with E-state index < -0.39 is 5.82 Å². The first-order valence-corrected chi connectivity index (χ1v) is 5.09. The molecule has 5 nitrogen and oxygen atoms in total. The summed E-state index contributed by atoms with van der Waals surface area (Å²) in [6.45, 7) is 0. The average molecular weight is 250 g/mol. The van der Waals surface area contributed by atoms with Crippen LogP contribution in [0, 0.1) is 5.82 Å². The van der Waals surface area contributed by atoms with Crippen molar-refractivity contribution in [2.24, 2.45) is 0 Å².